The van der Waals surface area contributed by atoms with Crippen LogP contribution in [-0.4, -0.2) is 43.3 Å². The molecule has 178 valence electrons. The first-order valence-corrected chi connectivity index (χ1v) is 10.4. The van der Waals surface area contributed by atoms with Crippen molar-refractivity contribution in [1.82, 2.24) is 5.32 Å². The number of alkyl halides is 3. The molecule has 2 aromatic rings. The Kier molecular flexibility index (Phi) is 6.76. The molecule has 0 fully saturated rings. The van der Waals surface area contributed by atoms with Gasteiger partial charge >= 0.3 is 12.3 Å². The Labute approximate surface area is 190 Å². The average molecular weight is 464 g/mol. The van der Waals surface area contributed by atoms with Gasteiger partial charge in [0.05, 0.1) is 29.5 Å². The lowest BCUT2D eigenvalue weighted by Crippen LogP contribution is -2.55. The molecule has 1 unspecified atom stereocenters. The molecule has 10 heteroatoms. The lowest BCUT2D eigenvalue weighted by atomic mass is 10.0. The van der Waals surface area contributed by atoms with E-state index in [0.29, 0.717) is 23.6 Å². The third-order valence-corrected chi connectivity index (χ3v) is 5.03. The molecular formula is C23H27F3N4O3. The number of hydrogen-bond donors (Lipinski definition) is 2. The van der Waals surface area contributed by atoms with Crippen LogP contribution < -0.4 is 20.9 Å². The maximum atomic E-state index is 13.0. The minimum Gasteiger partial charge on any atom is -0.444 e. The number of carbonyl (C=O) groups excluding carboxylic acids is 2. The molecule has 1 aliphatic heterocycles. The van der Waals surface area contributed by atoms with Gasteiger partial charge in [-0.2, -0.15) is 13.2 Å². The number of nitrogens with one attached hydrogen (secondary N) is 1. The van der Waals surface area contributed by atoms with E-state index in [2.05, 4.69) is 5.32 Å². The van der Waals surface area contributed by atoms with E-state index >= 15 is 0 Å². The second-order valence-electron chi connectivity index (χ2n) is 8.77. The van der Waals surface area contributed by atoms with Crippen LogP contribution in [0.2, 0.25) is 0 Å². The predicted molar refractivity (Wildman–Crippen MR) is 119 cm³/mol. The third-order valence-electron chi connectivity index (χ3n) is 5.03. The zero-order valence-electron chi connectivity index (χ0n) is 18.6. The first-order valence-electron chi connectivity index (χ1n) is 10.4. The number of primary amides is 1. The van der Waals surface area contributed by atoms with E-state index in [4.69, 9.17) is 10.5 Å². The molecule has 0 aliphatic carbocycles. The van der Waals surface area contributed by atoms with Gasteiger partial charge in [-0.1, -0.05) is 12.1 Å². The van der Waals surface area contributed by atoms with Gasteiger partial charge in [0.1, 0.15) is 5.60 Å². The summed E-state index contributed by atoms with van der Waals surface area (Å²) in [5, 5.41) is 2.71. The molecule has 0 bridgehead atoms. The fraction of sp³-hybridized carbons (Fsp3) is 0.391. The van der Waals surface area contributed by atoms with Gasteiger partial charge in [0.25, 0.3) is 0 Å². The SMILES string of the molecule is CC(C)(C)OC(=O)NCC1CN(c2ccc(C(F)(F)F)cc2)c2ccccc2N1CC(N)=O. The number of rotatable bonds is 5. The van der Waals surface area contributed by atoms with E-state index < -0.39 is 35.4 Å². The van der Waals surface area contributed by atoms with E-state index in [9.17, 15) is 22.8 Å². The van der Waals surface area contributed by atoms with Gasteiger partial charge in [-0.3, -0.25) is 4.79 Å². The van der Waals surface area contributed by atoms with Crippen molar-refractivity contribution in [3.8, 4) is 0 Å². The Hall–Kier alpha value is -3.43. The lowest BCUT2D eigenvalue weighted by Gasteiger charge is -2.44. The number of fused-ring (bicyclic) bond motifs is 1. The van der Waals surface area contributed by atoms with Gasteiger partial charge < -0.3 is 25.6 Å². The van der Waals surface area contributed by atoms with Crippen LogP contribution in [0.1, 0.15) is 26.3 Å². The third kappa shape index (κ3) is 6.09. The predicted octanol–water partition coefficient (Wildman–Crippen LogP) is 4.04. The Morgan fingerprint density at radius 2 is 1.67 bits per heavy atom. The lowest BCUT2D eigenvalue weighted by molar-refractivity contribution is -0.137. The Morgan fingerprint density at radius 1 is 1.06 bits per heavy atom. The number of amides is 2. The zero-order chi connectivity index (χ0) is 24.4. The van der Waals surface area contributed by atoms with Gasteiger partial charge in [0, 0.05) is 18.8 Å². The minimum absolute atomic E-state index is 0.0848. The minimum atomic E-state index is -4.43. The fourth-order valence-corrected chi connectivity index (χ4v) is 3.69. The van der Waals surface area contributed by atoms with E-state index in [-0.39, 0.29) is 13.1 Å². The highest BCUT2D eigenvalue weighted by atomic mass is 19.4. The first kappa shape index (κ1) is 24.2. The summed E-state index contributed by atoms with van der Waals surface area (Å²) >= 11 is 0. The van der Waals surface area contributed by atoms with Gasteiger partial charge in [0.2, 0.25) is 5.91 Å². The van der Waals surface area contributed by atoms with E-state index in [1.807, 2.05) is 11.0 Å². The van der Waals surface area contributed by atoms with E-state index in [0.717, 1.165) is 12.1 Å². The molecule has 0 radical (unpaired) electrons. The number of carbonyl (C=O) groups is 2. The molecule has 2 aromatic carbocycles. The summed E-state index contributed by atoms with van der Waals surface area (Å²) in [7, 11) is 0. The Balaban J connectivity index is 1.93. The van der Waals surface area contributed by atoms with Crippen molar-refractivity contribution >= 4 is 29.1 Å². The average Bonchev–Trinajstić information content (AvgIpc) is 2.71. The first-order chi connectivity index (χ1) is 15.3. The van der Waals surface area contributed by atoms with E-state index in [1.54, 1.807) is 43.9 Å². The van der Waals surface area contributed by atoms with Crippen LogP contribution in [0.3, 0.4) is 0 Å². The standard InChI is InChI=1S/C23H27F3N4O3/c1-22(2,3)33-21(32)28-12-17-13-29(16-10-8-15(9-11-16)23(24,25)26)18-6-4-5-7-19(18)30(17)14-20(27)31/h4-11,17H,12-14H2,1-3H3,(H2,27,31)(H,28,32). The normalized spacial score (nSPS) is 16.2. The van der Waals surface area contributed by atoms with Crippen LogP contribution in [0.5, 0.6) is 0 Å². The van der Waals surface area contributed by atoms with Crippen molar-refractivity contribution < 1.29 is 27.5 Å². The summed E-state index contributed by atoms with van der Waals surface area (Å²) in [6.07, 6.45) is -5.04. The number of nitrogens with zero attached hydrogens (tertiary/aromatic N) is 2. The maximum absolute atomic E-state index is 13.0. The monoisotopic (exact) mass is 464 g/mol. The number of benzene rings is 2. The highest BCUT2D eigenvalue weighted by Gasteiger charge is 2.34. The summed E-state index contributed by atoms with van der Waals surface area (Å²) < 4.78 is 44.3. The molecular weight excluding hydrogens is 437 g/mol. The molecule has 0 aromatic heterocycles. The molecule has 33 heavy (non-hydrogen) atoms. The Bertz CT molecular complexity index is 1000. The molecule has 0 saturated carbocycles. The van der Waals surface area contributed by atoms with Crippen LogP contribution in [0, 0.1) is 0 Å². The number of alkyl carbamates (subject to hydrolysis) is 1. The molecule has 3 N–H and O–H groups in total. The molecule has 3 rings (SSSR count). The number of hydrogen-bond acceptors (Lipinski definition) is 5. The van der Waals surface area contributed by atoms with Gasteiger partial charge in [0.15, 0.2) is 0 Å². The van der Waals surface area contributed by atoms with Gasteiger partial charge in [-0.15, -0.1) is 0 Å². The van der Waals surface area contributed by atoms with Crippen molar-refractivity contribution in [2.75, 3.05) is 29.4 Å². The zero-order valence-corrected chi connectivity index (χ0v) is 18.6. The van der Waals surface area contributed by atoms with Crippen molar-refractivity contribution in [2.24, 2.45) is 5.73 Å². The van der Waals surface area contributed by atoms with Crippen LogP contribution in [0.4, 0.5) is 35.0 Å². The second kappa shape index (κ2) is 9.21. The number of ether oxygens (including phenoxy) is 1. The Morgan fingerprint density at radius 3 is 2.21 bits per heavy atom. The molecule has 2 amide bonds. The smallest absolute Gasteiger partial charge is 0.416 e. The molecule has 0 spiro atoms. The van der Waals surface area contributed by atoms with Crippen molar-refractivity contribution in [1.29, 1.82) is 0 Å². The summed E-state index contributed by atoms with van der Waals surface area (Å²) in [4.78, 5) is 27.6. The van der Waals surface area contributed by atoms with Crippen molar-refractivity contribution in [3.05, 3.63) is 54.1 Å². The van der Waals surface area contributed by atoms with Crippen molar-refractivity contribution in [3.63, 3.8) is 0 Å². The highest BCUT2D eigenvalue weighted by Crippen LogP contribution is 2.40. The van der Waals surface area contributed by atoms with Crippen LogP contribution in [0.25, 0.3) is 0 Å². The summed E-state index contributed by atoms with van der Waals surface area (Å²) in [6, 6.07) is 11.7. The van der Waals surface area contributed by atoms with Crippen LogP contribution in [0.15, 0.2) is 48.5 Å². The molecule has 1 heterocycles. The van der Waals surface area contributed by atoms with Crippen molar-refractivity contribution in [2.45, 2.75) is 38.6 Å². The summed E-state index contributed by atoms with van der Waals surface area (Å²) in [5.41, 5.74) is 6.00. The topological polar surface area (TPSA) is 87.9 Å². The fourth-order valence-electron chi connectivity index (χ4n) is 3.69. The quantitative estimate of drug-likeness (QED) is 0.697. The number of anilines is 3. The number of halogens is 3. The van der Waals surface area contributed by atoms with Crippen LogP contribution in [-0.2, 0) is 15.7 Å². The number of nitrogens with two attached hydrogens (primary N) is 1. The van der Waals surface area contributed by atoms with E-state index in [1.165, 1.54) is 12.1 Å². The highest BCUT2D eigenvalue weighted by molar-refractivity contribution is 5.86. The molecule has 7 nitrogen and oxygen atoms in total. The summed E-state index contributed by atoms with van der Waals surface area (Å²) in [5.74, 6) is -0.546. The molecule has 0 saturated heterocycles. The second-order valence-corrected chi connectivity index (χ2v) is 8.77. The molecule has 1 aliphatic rings. The molecule has 1 atom stereocenters. The largest absolute Gasteiger partial charge is 0.444 e. The van der Waals surface area contributed by atoms with Gasteiger partial charge in [-0.05, 0) is 57.2 Å². The van der Waals surface area contributed by atoms with Crippen LogP contribution >= 0.6 is 0 Å². The number of para-hydroxylation sites is 2. The van der Waals surface area contributed by atoms with Gasteiger partial charge in [-0.25, -0.2) is 4.79 Å². The summed E-state index contributed by atoms with van der Waals surface area (Å²) in [6.45, 7) is 5.58. The maximum Gasteiger partial charge on any atom is 0.416 e.